The van der Waals surface area contributed by atoms with Crippen LogP contribution in [0.25, 0.3) is 0 Å². The number of oxime groups is 1. The van der Waals surface area contributed by atoms with E-state index in [1.54, 1.807) is 15.9 Å². The predicted octanol–water partition coefficient (Wildman–Crippen LogP) is 1.21. The van der Waals surface area contributed by atoms with Crippen LogP contribution in [0, 0.1) is 11.7 Å². The van der Waals surface area contributed by atoms with E-state index < -0.39 is 5.82 Å². The molecule has 0 N–H and O–H groups in total. The summed E-state index contributed by atoms with van der Waals surface area (Å²) >= 11 is 0. The Morgan fingerprint density at radius 1 is 1.26 bits per heavy atom. The number of ether oxygens (including phenoxy) is 1. The van der Waals surface area contributed by atoms with Crippen molar-refractivity contribution in [2.75, 3.05) is 33.3 Å². The van der Waals surface area contributed by atoms with E-state index in [0.29, 0.717) is 24.4 Å². The molecule has 3 aliphatic rings. The van der Waals surface area contributed by atoms with E-state index in [9.17, 15) is 14.0 Å². The topological polar surface area (TPSA) is 71.4 Å². The second-order valence-electron chi connectivity index (χ2n) is 7.17. The van der Waals surface area contributed by atoms with E-state index in [0.717, 1.165) is 25.9 Å². The number of fused-ring (bicyclic) bond motifs is 1. The zero-order valence-electron chi connectivity index (χ0n) is 15.2. The van der Waals surface area contributed by atoms with Gasteiger partial charge in [0.15, 0.2) is 23.4 Å². The maximum atomic E-state index is 13.8. The molecule has 0 spiro atoms. The predicted molar refractivity (Wildman–Crippen MR) is 94.8 cm³/mol. The number of rotatable bonds is 4. The molecule has 2 amide bonds. The maximum Gasteiger partial charge on any atom is 0.272 e. The van der Waals surface area contributed by atoms with Crippen LogP contribution in [-0.4, -0.2) is 66.7 Å². The minimum Gasteiger partial charge on any atom is -0.494 e. The smallest absolute Gasteiger partial charge is 0.272 e. The minimum atomic E-state index is -0.491. The average Bonchev–Trinajstić information content (AvgIpc) is 3.38. The van der Waals surface area contributed by atoms with Crippen LogP contribution in [0.2, 0.25) is 0 Å². The molecular formula is C19H22FN3O4. The lowest BCUT2D eigenvalue weighted by Gasteiger charge is -2.19. The summed E-state index contributed by atoms with van der Waals surface area (Å²) in [6.45, 7) is 2.30. The highest BCUT2D eigenvalue weighted by molar-refractivity contribution is 6.40. The van der Waals surface area contributed by atoms with Gasteiger partial charge < -0.3 is 19.4 Å². The Kier molecular flexibility index (Phi) is 4.72. The largest absolute Gasteiger partial charge is 0.494 e. The van der Waals surface area contributed by atoms with Crippen molar-refractivity contribution in [2.45, 2.75) is 25.4 Å². The Morgan fingerprint density at radius 2 is 2.04 bits per heavy atom. The van der Waals surface area contributed by atoms with Crippen molar-refractivity contribution in [3.8, 4) is 5.75 Å². The van der Waals surface area contributed by atoms with Crippen molar-refractivity contribution in [2.24, 2.45) is 11.1 Å². The first-order valence-electron chi connectivity index (χ1n) is 9.20. The number of carbonyl (C=O) groups is 2. The van der Waals surface area contributed by atoms with Crippen LogP contribution in [0.4, 0.5) is 4.39 Å². The molecule has 0 saturated carbocycles. The van der Waals surface area contributed by atoms with E-state index >= 15 is 0 Å². The molecule has 8 heteroatoms. The molecule has 2 atom stereocenters. The van der Waals surface area contributed by atoms with Gasteiger partial charge >= 0.3 is 0 Å². The number of benzene rings is 1. The zero-order valence-corrected chi connectivity index (χ0v) is 15.2. The molecular weight excluding hydrogens is 353 g/mol. The lowest BCUT2D eigenvalue weighted by Crippen LogP contribution is -2.39. The monoisotopic (exact) mass is 375 g/mol. The highest BCUT2D eigenvalue weighted by Crippen LogP contribution is 2.29. The van der Waals surface area contributed by atoms with Crippen LogP contribution in [0.15, 0.2) is 23.4 Å². The molecule has 0 unspecified atom stereocenters. The Labute approximate surface area is 156 Å². The molecule has 0 aliphatic carbocycles. The summed E-state index contributed by atoms with van der Waals surface area (Å²) in [6.07, 6.45) is 1.84. The summed E-state index contributed by atoms with van der Waals surface area (Å²) < 4.78 is 18.7. The molecule has 7 nitrogen and oxygen atoms in total. The van der Waals surface area contributed by atoms with Crippen LogP contribution >= 0.6 is 0 Å². The van der Waals surface area contributed by atoms with Gasteiger partial charge in [0.2, 0.25) is 5.91 Å². The van der Waals surface area contributed by atoms with Crippen molar-refractivity contribution < 1.29 is 23.6 Å². The fraction of sp³-hybridized carbons (Fsp3) is 0.526. The van der Waals surface area contributed by atoms with E-state index in [4.69, 9.17) is 9.57 Å². The van der Waals surface area contributed by atoms with Gasteiger partial charge in [-0.3, -0.25) is 9.59 Å². The van der Waals surface area contributed by atoms with E-state index in [1.165, 1.54) is 19.2 Å². The molecule has 27 heavy (non-hydrogen) atoms. The van der Waals surface area contributed by atoms with Crippen molar-refractivity contribution >= 4 is 17.5 Å². The number of hydrogen-bond acceptors (Lipinski definition) is 5. The summed E-state index contributed by atoms with van der Waals surface area (Å²) in [7, 11) is 1.40. The molecule has 2 saturated heterocycles. The second kappa shape index (κ2) is 7.17. The number of amides is 2. The van der Waals surface area contributed by atoms with E-state index in [-0.39, 0.29) is 36.0 Å². The first-order chi connectivity index (χ1) is 13.1. The van der Waals surface area contributed by atoms with Gasteiger partial charge in [0.25, 0.3) is 5.91 Å². The average molecular weight is 375 g/mol. The van der Waals surface area contributed by atoms with Crippen LogP contribution in [0.3, 0.4) is 0 Å². The van der Waals surface area contributed by atoms with Crippen LogP contribution in [0.5, 0.6) is 5.75 Å². The van der Waals surface area contributed by atoms with E-state index in [2.05, 4.69) is 5.16 Å². The summed E-state index contributed by atoms with van der Waals surface area (Å²) in [6, 6.07) is 4.50. The number of halogens is 1. The normalized spacial score (nSPS) is 23.9. The van der Waals surface area contributed by atoms with Crippen LogP contribution in [0.1, 0.15) is 18.4 Å². The molecule has 0 radical (unpaired) electrons. The number of likely N-dealkylation sites (tertiary alicyclic amines) is 2. The molecule has 1 aromatic carbocycles. The van der Waals surface area contributed by atoms with Gasteiger partial charge in [-0.25, -0.2) is 4.39 Å². The molecule has 144 valence electrons. The third kappa shape index (κ3) is 3.36. The fourth-order valence-electron chi connectivity index (χ4n) is 3.93. The molecule has 1 aromatic rings. The first kappa shape index (κ1) is 17.8. The Hall–Kier alpha value is -2.64. The summed E-state index contributed by atoms with van der Waals surface area (Å²) in [5.74, 6) is -0.724. The van der Waals surface area contributed by atoms with Gasteiger partial charge in [0.05, 0.1) is 26.0 Å². The highest BCUT2D eigenvalue weighted by atomic mass is 19.1. The Balaban J connectivity index is 1.39. The highest BCUT2D eigenvalue weighted by Gasteiger charge is 2.47. The van der Waals surface area contributed by atoms with Gasteiger partial charge in [-0.15, -0.1) is 0 Å². The first-order valence-corrected chi connectivity index (χ1v) is 9.20. The molecule has 4 rings (SSSR count). The maximum absolute atomic E-state index is 13.8. The van der Waals surface area contributed by atoms with E-state index in [1.807, 2.05) is 0 Å². The molecule has 0 aromatic heterocycles. The van der Waals surface area contributed by atoms with Gasteiger partial charge in [-0.05, 0) is 30.5 Å². The van der Waals surface area contributed by atoms with Crippen LogP contribution in [-0.2, 0) is 20.8 Å². The van der Waals surface area contributed by atoms with Gasteiger partial charge in [-0.2, -0.15) is 0 Å². The summed E-state index contributed by atoms with van der Waals surface area (Å²) in [5.41, 5.74) is 1.01. The van der Waals surface area contributed by atoms with Crippen molar-refractivity contribution in [1.82, 2.24) is 9.80 Å². The molecule has 2 fully saturated rings. The van der Waals surface area contributed by atoms with Gasteiger partial charge in [0.1, 0.15) is 0 Å². The number of methoxy groups -OCH3 is 1. The van der Waals surface area contributed by atoms with Crippen molar-refractivity contribution in [1.29, 1.82) is 0 Å². The zero-order chi connectivity index (χ0) is 19.0. The SMILES string of the molecule is COc1ccc(CC(=O)N2C[C@@H]3C(C(=O)N4CCCC4)=NO[C@@H]3C2)cc1F. The van der Waals surface area contributed by atoms with Gasteiger partial charge in [-0.1, -0.05) is 11.2 Å². The lowest BCUT2D eigenvalue weighted by atomic mass is 10.00. The van der Waals surface area contributed by atoms with Crippen LogP contribution < -0.4 is 4.74 Å². The van der Waals surface area contributed by atoms with Crippen molar-refractivity contribution in [3.05, 3.63) is 29.6 Å². The molecule has 3 heterocycles. The van der Waals surface area contributed by atoms with Gasteiger partial charge in [0, 0.05) is 19.6 Å². The van der Waals surface area contributed by atoms with Crippen molar-refractivity contribution in [3.63, 3.8) is 0 Å². The standard InChI is InChI=1S/C19H22FN3O4/c1-26-15-5-4-12(8-14(15)20)9-17(24)23-10-13-16(11-23)27-21-18(13)19(25)22-6-2-3-7-22/h4-5,8,13,16H,2-3,6-7,9-11H2,1H3/t13-,16+/m0/s1. The summed E-state index contributed by atoms with van der Waals surface area (Å²) in [4.78, 5) is 34.1. The molecule has 0 bridgehead atoms. The number of carbonyl (C=O) groups excluding carboxylic acids is 2. The summed E-state index contributed by atoms with van der Waals surface area (Å²) in [5, 5.41) is 4.00. The fourth-order valence-corrected chi connectivity index (χ4v) is 3.93. The molecule has 3 aliphatic heterocycles. The minimum absolute atomic E-state index is 0.0773. The third-order valence-corrected chi connectivity index (χ3v) is 5.44. The Morgan fingerprint density at radius 3 is 2.74 bits per heavy atom. The number of hydrogen-bond donors (Lipinski definition) is 0. The quantitative estimate of drug-likeness (QED) is 0.793. The number of nitrogens with zero attached hydrogens (tertiary/aromatic N) is 3. The third-order valence-electron chi connectivity index (χ3n) is 5.44. The Bertz CT molecular complexity index is 791. The second-order valence-corrected chi connectivity index (χ2v) is 7.17. The lowest BCUT2D eigenvalue weighted by molar-refractivity contribution is -0.130.